The van der Waals surface area contributed by atoms with Crippen molar-refractivity contribution in [3.63, 3.8) is 0 Å². The Morgan fingerprint density at radius 3 is 2.58 bits per heavy atom. The van der Waals surface area contributed by atoms with Crippen LogP contribution in [0.4, 0.5) is 0 Å². The van der Waals surface area contributed by atoms with Gasteiger partial charge in [-0.05, 0) is 36.5 Å². The minimum absolute atomic E-state index is 0.0808. The molecule has 5 nitrogen and oxygen atoms in total. The van der Waals surface area contributed by atoms with Gasteiger partial charge in [-0.1, -0.05) is 67.8 Å². The summed E-state index contributed by atoms with van der Waals surface area (Å²) in [7, 11) is 0. The smallest absolute Gasteiger partial charge is 0.254 e. The molecule has 0 unspecified atom stereocenters. The van der Waals surface area contributed by atoms with Crippen LogP contribution in [0.5, 0.6) is 0 Å². The first-order valence-electron chi connectivity index (χ1n) is 12.3. The number of H-pyrrole nitrogens is 2. The Balaban J connectivity index is 1.33. The molecule has 0 atom stereocenters. The molecule has 0 spiro atoms. The molecule has 2 N–H and O–H groups in total. The number of para-hydroxylation sites is 1. The molecule has 3 heterocycles. The third-order valence-electron chi connectivity index (χ3n) is 7.42. The molecule has 2 aliphatic rings. The maximum Gasteiger partial charge on any atom is 0.254 e. The first kappa shape index (κ1) is 20.4. The van der Waals surface area contributed by atoms with Crippen LogP contribution >= 0.6 is 0 Å². The summed E-state index contributed by atoms with van der Waals surface area (Å²) in [4.78, 5) is 27.1. The van der Waals surface area contributed by atoms with Crippen LogP contribution in [0.3, 0.4) is 0 Å². The van der Waals surface area contributed by atoms with E-state index in [4.69, 9.17) is 4.98 Å². The van der Waals surface area contributed by atoms with Gasteiger partial charge < -0.3 is 9.97 Å². The second kappa shape index (κ2) is 8.64. The molecule has 33 heavy (non-hydrogen) atoms. The quantitative estimate of drug-likeness (QED) is 0.441. The number of hydrogen-bond donors (Lipinski definition) is 2. The number of nitrogens with one attached hydrogen (secondary N) is 2. The van der Waals surface area contributed by atoms with Crippen molar-refractivity contribution in [2.45, 2.75) is 57.5 Å². The molecule has 0 radical (unpaired) electrons. The van der Waals surface area contributed by atoms with Gasteiger partial charge in [-0.15, -0.1) is 0 Å². The van der Waals surface area contributed by atoms with E-state index in [9.17, 15) is 4.79 Å². The van der Waals surface area contributed by atoms with Crippen LogP contribution in [-0.4, -0.2) is 26.4 Å². The second-order valence-electron chi connectivity index (χ2n) is 9.56. The maximum atomic E-state index is 12.8. The van der Waals surface area contributed by atoms with Crippen molar-refractivity contribution in [3.8, 4) is 11.3 Å². The van der Waals surface area contributed by atoms with Crippen molar-refractivity contribution in [1.29, 1.82) is 0 Å². The first-order chi connectivity index (χ1) is 16.3. The van der Waals surface area contributed by atoms with Gasteiger partial charge in [0.15, 0.2) is 0 Å². The van der Waals surface area contributed by atoms with Gasteiger partial charge in [0.05, 0.1) is 11.4 Å². The minimum atomic E-state index is 0.0808. The van der Waals surface area contributed by atoms with Crippen molar-refractivity contribution in [2.75, 3.05) is 6.54 Å². The molecule has 1 saturated carbocycles. The van der Waals surface area contributed by atoms with Crippen LogP contribution < -0.4 is 5.56 Å². The van der Waals surface area contributed by atoms with E-state index in [0.29, 0.717) is 5.92 Å². The van der Waals surface area contributed by atoms with E-state index in [-0.39, 0.29) is 5.56 Å². The number of nitrogens with zero attached hydrogens (tertiary/aromatic N) is 2. The fraction of sp³-hybridized carbons (Fsp3) is 0.357. The van der Waals surface area contributed by atoms with Crippen molar-refractivity contribution in [1.82, 2.24) is 19.9 Å². The SMILES string of the molecule is O=c1[nH]c(C2CCCCC2)nc2c1CCN(Cc1c(-c3ccccc3)[nH]c3ccccc13)C2. The highest BCUT2D eigenvalue weighted by atomic mass is 16.1. The molecule has 1 aliphatic heterocycles. The first-order valence-corrected chi connectivity index (χ1v) is 12.3. The predicted octanol–water partition coefficient (Wildman–Crippen LogP) is 5.52. The summed E-state index contributed by atoms with van der Waals surface area (Å²) in [6.07, 6.45) is 6.81. The van der Waals surface area contributed by atoms with Crippen LogP contribution in [0.15, 0.2) is 59.4 Å². The molecule has 168 valence electrons. The van der Waals surface area contributed by atoms with Crippen molar-refractivity contribution >= 4 is 10.9 Å². The van der Waals surface area contributed by atoms with Crippen molar-refractivity contribution < 1.29 is 0 Å². The lowest BCUT2D eigenvalue weighted by Gasteiger charge is -2.29. The number of aromatic nitrogens is 3. The number of benzene rings is 2. The van der Waals surface area contributed by atoms with E-state index < -0.39 is 0 Å². The highest BCUT2D eigenvalue weighted by Gasteiger charge is 2.26. The van der Waals surface area contributed by atoms with E-state index in [1.54, 1.807) is 0 Å². The molecule has 4 aromatic rings. The van der Waals surface area contributed by atoms with Gasteiger partial charge in [-0.3, -0.25) is 9.69 Å². The van der Waals surface area contributed by atoms with Gasteiger partial charge in [0.25, 0.3) is 5.56 Å². The summed E-state index contributed by atoms with van der Waals surface area (Å²) >= 11 is 0. The van der Waals surface area contributed by atoms with E-state index in [2.05, 4.69) is 69.5 Å². The van der Waals surface area contributed by atoms with Gasteiger partial charge in [-0.25, -0.2) is 4.98 Å². The maximum absolute atomic E-state index is 12.8. The molecule has 1 fully saturated rings. The Bertz CT molecular complexity index is 1330. The van der Waals surface area contributed by atoms with Crippen molar-refractivity contribution in [3.05, 3.63) is 87.6 Å². The average molecular weight is 439 g/mol. The number of hydrogen-bond acceptors (Lipinski definition) is 3. The molecule has 1 aliphatic carbocycles. The molecule has 2 aromatic heterocycles. The third kappa shape index (κ3) is 3.91. The highest BCUT2D eigenvalue weighted by Crippen LogP contribution is 2.33. The number of rotatable bonds is 4. The van der Waals surface area contributed by atoms with Crippen LogP contribution in [0.25, 0.3) is 22.2 Å². The van der Waals surface area contributed by atoms with Gasteiger partial charge in [0, 0.05) is 42.0 Å². The van der Waals surface area contributed by atoms with E-state index in [1.807, 2.05) is 0 Å². The van der Waals surface area contributed by atoms with Gasteiger partial charge in [0.1, 0.15) is 5.82 Å². The zero-order valence-electron chi connectivity index (χ0n) is 18.9. The average Bonchev–Trinajstić information content (AvgIpc) is 3.23. The standard InChI is InChI=1S/C28H30N4O/c33-28-22-15-16-32(18-25(22)30-27(31-28)20-11-5-2-6-12-20)17-23-21-13-7-8-14-24(21)29-26(23)19-9-3-1-4-10-19/h1,3-4,7-10,13-14,20,29H,2,5-6,11-12,15-18H2,(H,30,31,33). The zero-order valence-corrected chi connectivity index (χ0v) is 18.9. The Labute approximate surface area is 193 Å². The predicted molar refractivity (Wildman–Crippen MR) is 132 cm³/mol. The number of aromatic amines is 2. The molecule has 6 rings (SSSR count). The molecule has 0 saturated heterocycles. The van der Waals surface area contributed by atoms with Crippen LogP contribution in [0.1, 0.15) is 60.7 Å². The molecular weight excluding hydrogens is 408 g/mol. The fourth-order valence-electron chi connectivity index (χ4n) is 5.66. The van der Waals surface area contributed by atoms with Crippen LogP contribution in [0, 0.1) is 0 Å². The van der Waals surface area contributed by atoms with Crippen LogP contribution in [0.2, 0.25) is 0 Å². The van der Waals surface area contributed by atoms with Crippen LogP contribution in [-0.2, 0) is 19.5 Å². The van der Waals surface area contributed by atoms with E-state index in [0.717, 1.165) is 61.5 Å². The monoisotopic (exact) mass is 438 g/mol. The summed E-state index contributed by atoms with van der Waals surface area (Å²) in [5, 5.41) is 1.27. The fourth-order valence-corrected chi connectivity index (χ4v) is 5.66. The lowest BCUT2D eigenvalue weighted by Crippen LogP contribution is -2.35. The second-order valence-corrected chi connectivity index (χ2v) is 9.56. The van der Waals surface area contributed by atoms with Crippen molar-refractivity contribution in [2.24, 2.45) is 0 Å². The summed E-state index contributed by atoms with van der Waals surface area (Å²) < 4.78 is 0. The van der Waals surface area contributed by atoms with Gasteiger partial charge >= 0.3 is 0 Å². The Kier molecular flexibility index (Phi) is 5.35. The van der Waals surface area contributed by atoms with Gasteiger partial charge in [-0.2, -0.15) is 0 Å². The largest absolute Gasteiger partial charge is 0.354 e. The lowest BCUT2D eigenvalue weighted by molar-refractivity contribution is 0.240. The zero-order chi connectivity index (χ0) is 22.2. The summed E-state index contributed by atoms with van der Waals surface area (Å²) in [6, 6.07) is 19.1. The van der Waals surface area contributed by atoms with Gasteiger partial charge in [0.2, 0.25) is 0 Å². The Morgan fingerprint density at radius 2 is 1.73 bits per heavy atom. The molecule has 0 amide bonds. The lowest BCUT2D eigenvalue weighted by atomic mass is 9.88. The summed E-state index contributed by atoms with van der Waals surface area (Å²) in [6.45, 7) is 2.43. The molecular formula is C28H30N4O. The van der Waals surface area contributed by atoms with E-state index in [1.165, 1.54) is 41.5 Å². The molecule has 2 aromatic carbocycles. The highest BCUT2D eigenvalue weighted by molar-refractivity contribution is 5.90. The summed E-state index contributed by atoms with van der Waals surface area (Å²) in [5.41, 5.74) is 6.81. The minimum Gasteiger partial charge on any atom is -0.354 e. The topological polar surface area (TPSA) is 64.8 Å². The number of fused-ring (bicyclic) bond motifs is 2. The summed E-state index contributed by atoms with van der Waals surface area (Å²) in [5.74, 6) is 1.32. The molecule has 5 heteroatoms. The third-order valence-corrected chi connectivity index (χ3v) is 7.42. The Morgan fingerprint density at radius 1 is 0.939 bits per heavy atom. The normalized spacial score (nSPS) is 17.3. The van der Waals surface area contributed by atoms with E-state index >= 15 is 0 Å². The molecule has 0 bridgehead atoms. The Hall–Kier alpha value is -3.18.